The zero-order valence-corrected chi connectivity index (χ0v) is 17.1. The van der Waals surface area contributed by atoms with E-state index in [4.69, 9.17) is 23.2 Å². The van der Waals surface area contributed by atoms with Crippen molar-refractivity contribution in [1.82, 2.24) is 15.0 Å². The third-order valence-corrected chi connectivity index (χ3v) is 5.45. The summed E-state index contributed by atoms with van der Waals surface area (Å²) in [5, 5.41) is 11.6. The first-order valence-corrected chi connectivity index (χ1v) is 9.86. The molecule has 0 aliphatic heterocycles. The molecule has 0 fully saturated rings. The van der Waals surface area contributed by atoms with Crippen molar-refractivity contribution in [1.29, 1.82) is 0 Å². The van der Waals surface area contributed by atoms with Gasteiger partial charge in [0.2, 0.25) is 5.95 Å². The zero-order valence-electron chi connectivity index (χ0n) is 15.6. The monoisotopic (exact) mass is 439 g/mol. The maximum absolute atomic E-state index is 15.0. The lowest BCUT2D eigenvalue weighted by Crippen LogP contribution is -2.36. The van der Waals surface area contributed by atoms with Gasteiger partial charge in [-0.1, -0.05) is 41.4 Å². The second-order valence-electron chi connectivity index (χ2n) is 6.70. The van der Waals surface area contributed by atoms with Gasteiger partial charge in [-0.2, -0.15) is 4.39 Å². The number of pyridine rings is 3. The fraction of sp³-hybridized carbons (Fsp3) is 0.0870. The van der Waals surface area contributed by atoms with Crippen LogP contribution in [0.4, 0.5) is 4.39 Å². The number of hydrogen-bond acceptors (Lipinski definition) is 4. The molecule has 3 aromatic heterocycles. The van der Waals surface area contributed by atoms with Gasteiger partial charge in [0.1, 0.15) is 0 Å². The molecular weight excluding hydrogens is 424 g/mol. The molecular formula is C23H16Cl2FN3O. The molecule has 1 N–H and O–H groups in total. The lowest BCUT2D eigenvalue weighted by Gasteiger charge is -2.34. The average molecular weight is 440 g/mol. The van der Waals surface area contributed by atoms with Gasteiger partial charge in [0.15, 0.2) is 0 Å². The Morgan fingerprint density at radius 3 is 2.17 bits per heavy atom. The molecule has 0 saturated heterocycles. The number of benzene rings is 1. The Labute approximate surface area is 183 Å². The highest BCUT2D eigenvalue weighted by molar-refractivity contribution is 6.35. The van der Waals surface area contributed by atoms with Crippen LogP contribution >= 0.6 is 23.2 Å². The molecule has 3 heterocycles. The Hall–Kier alpha value is -2.86. The van der Waals surface area contributed by atoms with Gasteiger partial charge in [-0.05, 0) is 47.5 Å². The molecule has 30 heavy (non-hydrogen) atoms. The third-order valence-electron chi connectivity index (χ3n) is 5.01. The van der Waals surface area contributed by atoms with Crippen LogP contribution in [-0.4, -0.2) is 26.7 Å². The van der Waals surface area contributed by atoms with E-state index in [-0.39, 0.29) is 5.56 Å². The first kappa shape index (κ1) is 20.4. The molecule has 7 heteroatoms. The molecule has 4 rings (SSSR count). The lowest BCUT2D eigenvalue weighted by molar-refractivity contribution is 0.238. The summed E-state index contributed by atoms with van der Waals surface area (Å²) in [6.45, 7) is -0.436. The molecule has 1 aromatic carbocycles. The standard InChI is InChI=1S/C23H16Cl2FN3O/c24-17-10-15(11-18(25)12-17)21-19(5-2-8-28-21)23(14-30,16-4-1-7-27-13-16)20-6-3-9-29-22(20)26/h1-13,30H,14H2. The van der Waals surface area contributed by atoms with Crippen LogP contribution in [0.3, 0.4) is 0 Å². The first-order chi connectivity index (χ1) is 14.6. The molecule has 4 aromatic rings. The highest BCUT2D eigenvalue weighted by Gasteiger charge is 2.41. The van der Waals surface area contributed by atoms with Gasteiger partial charge in [0, 0.05) is 46.0 Å². The van der Waals surface area contributed by atoms with Crippen LogP contribution in [0.15, 0.2) is 79.4 Å². The summed E-state index contributed by atoms with van der Waals surface area (Å²) >= 11 is 12.4. The fourth-order valence-corrected chi connectivity index (χ4v) is 4.23. The summed E-state index contributed by atoms with van der Waals surface area (Å²) in [6, 6.07) is 15.4. The molecule has 0 amide bonds. The molecule has 0 aliphatic carbocycles. The Morgan fingerprint density at radius 1 is 0.867 bits per heavy atom. The van der Waals surface area contributed by atoms with Gasteiger partial charge >= 0.3 is 0 Å². The van der Waals surface area contributed by atoms with Gasteiger partial charge in [0.05, 0.1) is 17.7 Å². The van der Waals surface area contributed by atoms with Crippen molar-refractivity contribution < 1.29 is 9.50 Å². The van der Waals surface area contributed by atoms with E-state index in [2.05, 4.69) is 15.0 Å². The molecule has 0 radical (unpaired) electrons. The predicted molar refractivity (Wildman–Crippen MR) is 115 cm³/mol. The van der Waals surface area contributed by atoms with E-state index < -0.39 is 18.0 Å². The van der Waals surface area contributed by atoms with E-state index in [0.717, 1.165) is 0 Å². The lowest BCUT2D eigenvalue weighted by atomic mass is 9.69. The molecule has 4 nitrogen and oxygen atoms in total. The van der Waals surface area contributed by atoms with Crippen molar-refractivity contribution in [3.63, 3.8) is 0 Å². The first-order valence-electron chi connectivity index (χ1n) is 9.10. The number of halogens is 3. The number of hydrogen-bond donors (Lipinski definition) is 1. The molecule has 0 bridgehead atoms. The van der Waals surface area contributed by atoms with Crippen molar-refractivity contribution in [2.75, 3.05) is 6.61 Å². The summed E-state index contributed by atoms with van der Waals surface area (Å²) < 4.78 is 15.0. The van der Waals surface area contributed by atoms with Crippen LogP contribution in [0.2, 0.25) is 10.0 Å². The topological polar surface area (TPSA) is 58.9 Å². The smallest absolute Gasteiger partial charge is 0.217 e. The van der Waals surface area contributed by atoms with Crippen LogP contribution in [0.25, 0.3) is 11.3 Å². The molecule has 0 saturated carbocycles. The van der Waals surface area contributed by atoms with Crippen LogP contribution in [-0.2, 0) is 5.41 Å². The van der Waals surface area contributed by atoms with Gasteiger partial charge in [-0.15, -0.1) is 0 Å². The summed E-state index contributed by atoms with van der Waals surface area (Å²) in [4.78, 5) is 12.5. The highest BCUT2D eigenvalue weighted by Crippen LogP contribution is 2.43. The summed E-state index contributed by atoms with van der Waals surface area (Å²) in [7, 11) is 0. The molecule has 1 atom stereocenters. The van der Waals surface area contributed by atoms with Crippen molar-refractivity contribution in [2.24, 2.45) is 0 Å². The maximum atomic E-state index is 15.0. The van der Waals surface area contributed by atoms with Crippen molar-refractivity contribution in [2.45, 2.75) is 5.41 Å². The molecule has 1 unspecified atom stereocenters. The Morgan fingerprint density at radius 2 is 1.53 bits per heavy atom. The maximum Gasteiger partial charge on any atom is 0.217 e. The Bertz CT molecular complexity index is 1170. The average Bonchev–Trinajstić information content (AvgIpc) is 2.76. The minimum atomic E-state index is -1.30. The van der Waals surface area contributed by atoms with E-state index in [1.54, 1.807) is 73.2 Å². The van der Waals surface area contributed by atoms with E-state index >= 15 is 4.39 Å². The molecule has 150 valence electrons. The van der Waals surface area contributed by atoms with Crippen LogP contribution in [0.5, 0.6) is 0 Å². The minimum absolute atomic E-state index is 0.211. The van der Waals surface area contributed by atoms with Gasteiger partial charge < -0.3 is 5.11 Å². The molecule has 0 spiro atoms. The van der Waals surface area contributed by atoms with E-state index in [0.29, 0.717) is 32.4 Å². The number of rotatable bonds is 5. The summed E-state index contributed by atoms with van der Waals surface area (Å²) in [5.41, 5.74) is 1.25. The quantitative estimate of drug-likeness (QED) is 0.428. The largest absolute Gasteiger partial charge is 0.395 e. The Kier molecular flexibility index (Phi) is 5.77. The van der Waals surface area contributed by atoms with Gasteiger partial charge in [-0.25, -0.2) is 4.98 Å². The molecule has 0 aliphatic rings. The fourth-order valence-electron chi connectivity index (χ4n) is 3.71. The zero-order chi connectivity index (χ0) is 21.1. The number of aromatic nitrogens is 3. The van der Waals surface area contributed by atoms with Gasteiger partial charge in [-0.3, -0.25) is 9.97 Å². The van der Waals surface area contributed by atoms with E-state index in [9.17, 15) is 5.11 Å². The third kappa shape index (κ3) is 3.56. The number of nitrogens with zero attached hydrogens (tertiary/aromatic N) is 3. The second kappa shape index (κ2) is 8.48. The Balaban J connectivity index is 2.09. The minimum Gasteiger partial charge on any atom is -0.395 e. The summed E-state index contributed by atoms with van der Waals surface area (Å²) in [6.07, 6.45) is 6.21. The second-order valence-corrected chi connectivity index (χ2v) is 7.58. The van der Waals surface area contributed by atoms with Crippen LogP contribution < -0.4 is 0 Å². The highest BCUT2D eigenvalue weighted by atomic mass is 35.5. The van der Waals surface area contributed by atoms with Crippen LogP contribution in [0, 0.1) is 5.95 Å². The predicted octanol–water partition coefficient (Wildman–Crippen LogP) is 5.31. The van der Waals surface area contributed by atoms with Crippen molar-refractivity contribution >= 4 is 23.2 Å². The SMILES string of the molecule is OCC(c1cccnc1)(c1cccnc1F)c1cccnc1-c1cc(Cl)cc(Cl)c1. The van der Waals surface area contributed by atoms with Gasteiger partial charge in [0.25, 0.3) is 0 Å². The van der Waals surface area contributed by atoms with Crippen molar-refractivity contribution in [3.8, 4) is 11.3 Å². The van der Waals surface area contributed by atoms with Crippen molar-refractivity contribution in [3.05, 3.63) is 112 Å². The number of aliphatic hydroxyl groups is 1. The van der Waals surface area contributed by atoms with Crippen LogP contribution in [0.1, 0.15) is 16.7 Å². The summed E-state index contributed by atoms with van der Waals surface area (Å²) in [5.74, 6) is -0.686. The van der Waals surface area contributed by atoms with E-state index in [1.165, 1.54) is 6.20 Å². The number of aliphatic hydroxyl groups excluding tert-OH is 1. The normalized spacial score (nSPS) is 13.1. The van der Waals surface area contributed by atoms with E-state index in [1.807, 2.05) is 0 Å².